The van der Waals surface area contributed by atoms with Gasteiger partial charge in [-0.25, -0.2) is 0 Å². The number of hydrogen-bond acceptors (Lipinski definition) is 10. The first-order valence-corrected chi connectivity index (χ1v) is 7.18. The van der Waals surface area contributed by atoms with Crippen LogP contribution < -0.4 is 11.5 Å². The van der Waals surface area contributed by atoms with Crippen molar-refractivity contribution in [3.63, 3.8) is 0 Å². The third kappa shape index (κ3) is 7.39. The Labute approximate surface area is 141 Å². The van der Waals surface area contributed by atoms with E-state index in [9.17, 15) is 0 Å². The Bertz CT molecular complexity index is 622. The average Bonchev–Trinajstić information content (AvgIpc) is 2.52. The molecule has 0 fully saturated rings. The van der Waals surface area contributed by atoms with Crippen LogP contribution in [0.25, 0.3) is 0 Å². The molecule has 5 N–H and O–H groups in total. The van der Waals surface area contributed by atoms with Gasteiger partial charge in [-0.15, -0.1) is 0 Å². The number of halogens is 3. The first-order valence-electron chi connectivity index (χ1n) is 6.06. The molecule has 2 aromatic rings. The Morgan fingerprint density at radius 1 is 0.905 bits per heavy atom. The number of aliphatic hydroxyl groups is 1. The fourth-order valence-electron chi connectivity index (χ4n) is 0.859. The fourth-order valence-corrected chi connectivity index (χ4v) is 2.01. The number of nitrogen functional groups attached to an aromatic ring is 2. The highest BCUT2D eigenvalue weighted by Gasteiger charge is 2.01. The molecule has 0 bridgehead atoms. The van der Waals surface area contributed by atoms with E-state index in [1.54, 1.807) is 0 Å². The Morgan fingerprint density at radius 3 is 1.95 bits per heavy atom. The number of nitrogens with two attached hydrogens (primary N) is 2. The van der Waals surface area contributed by atoms with Gasteiger partial charge in [0.15, 0.2) is 7.98 Å². The van der Waals surface area contributed by atoms with Crippen LogP contribution in [0.5, 0.6) is 0 Å². The lowest BCUT2D eigenvalue weighted by molar-refractivity contribution is 0.322. The minimum Gasteiger partial charge on any atom is -0.396 e. The lowest BCUT2D eigenvalue weighted by Gasteiger charge is -1.98. The summed E-state index contributed by atoms with van der Waals surface area (Å²) in [5.41, 5.74) is 3.94. The van der Waals surface area contributed by atoms with E-state index in [0.29, 0.717) is 10.9 Å². The van der Waals surface area contributed by atoms with Crippen molar-refractivity contribution < 1.29 is 7.93 Å². The van der Waals surface area contributed by atoms with E-state index in [-0.39, 0.29) is 34.4 Å². The lowest BCUT2D eigenvalue weighted by Crippen LogP contribution is -2.00. The third-order valence-electron chi connectivity index (χ3n) is 1.49. The van der Waals surface area contributed by atoms with E-state index >= 15 is 0 Å². The summed E-state index contributed by atoms with van der Waals surface area (Å²) in [5, 5.41) is 8.91. The monoisotopic (exact) mass is 372 g/mol. The van der Waals surface area contributed by atoms with Crippen LogP contribution >= 0.6 is 46.6 Å². The molecule has 0 saturated carbocycles. The molecule has 0 amide bonds. The number of rotatable bonds is 5. The van der Waals surface area contributed by atoms with Crippen molar-refractivity contribution in [1.82, 2.24) is 29.9 Å². The van der Waals surface area contributed by atoms with E-state index < -0.39 is 0 Å². The van der Waals surface area contributed by atoms with E-state index in [2.05, 4.69) is 29.9 Å². The number of hydrogen-bond donors (Lipinski definition) is 3. The molecule has 0 atom stereocenters. The molecule has 0 saturated heterocycles. The van der Waals surface area contributed by atoms with Crippen molar-refractivity contribution in [3.05, 3.63) is 15.9 Å². The molecule has 2 heterocycles. The van der Waals surface area contributed by atoms with Crippen LogP contribution in [0.15, 0.2) is 5.16 Å². The number of nitrogens with zero attached hydrogens (tertiary/aromatic N) is 6. The number of thioether (sulfide) groups is 1. The van der Waals surface area contributed by atoms with Gasteiger partial charge in [0, 0.05) is 5.75 Å². The van der Waals surface area contributed by atoms with Gasteiger partial charge < -0.3 is 16.6 Å². The molecule has 0 unspecified atom stereocenters. The second-order valence-corrected chi connectivity index (χ2v) is 5.06. The van der Waals surface area contributed by atoms with E-state index in [1.807, 2.05) is 11.5 Å². The molecule has 0 radical (unpaired) electrons. The van der Waals surface area contributed by atoms with E-state index in [4.69, 9.17) is 42.7 Å². The van der Waals surface area contributed by atoms with E-state index in [0.717, 1.165) is 0 Å². The molecule has 2 aromatic heterocycles. The summed E-state index contributed by atoms with van der Waals surface area (Å²) in [6, 6.07) is 0. The Morgan fingerprint density at radius 2 is 1.43 bits per heavy atom. The largest absolute Gasteiger partial charge is 0.396 e. The van der Waals surface area contributed by atoms with Crippen molar-refractivity contribution in [2.24, 2.45) is 0 Å². The van der Waals surface area contributed by atoms with Crippen LogP contribution in [0.2, 0.25) is 18.7 Å². The molecular formula is C8H9Cl3N8OS. The SMILES string of the molecule is [2H]Nc1nc(Cl)nc(Cl)n1.[2H]Nc1nc(Cl)nc(SCCO)n1. The summed E-state index contributed by atoms with van der Waals surface area (Å²) in [4.78, 5) is 21.7. The van der Waals surface area contributed by atoms with Gasteiger partial charge in [0.2, 0.25) is 27.7 Å². The highest BCUT2D eigenvalue weighted by molar-refractivity contribution is 7.99. The Balaban J connectivity index is 0.000000238. The smallest absolute Gasteiger partial charge is 0.228 e. The van der Waals surface area contributed by atoms with Gasteiger partial charge in [-0.2, -0.15) is 29.9 Å². The molecule has 0 aliphatic carbocycles. The molecule has 9 nitrogen and oxygen atoms in total. The molecule has 114 valence electrons. The Hall–Kier alpha value is -1.20. The molecule has 21 heavy (non-hydrogen) atoms. The van der Waals surface area contributed by atoms with Gasteiger partial charge in [-0.1, -0.05) is 11.8 Å². The van der Waals surface area contributed by atoms with Gasteiger partial charge in [-0.3, -0.25) is 0 Å². The molecular weight excluding hydrogens is 363 g/mol. The summed E-state index contributed by atoms with van der Waals surface area (Å²) in [7, 11) is 0. The topological polar surface area (TPSA) is 150 Å². The standard InChI is InChI=1S/C5H7ClN4OS.C3H2Cl2N4/c6-3-8-4(7)10-5(9-3)12-2-1-11;4-1-7-2(5)9-3(6)8-1/h11H,1-2H2,(H2,7,8,9,10);(H2,6,7,8,9)/i/hD2. The second kappa shape index (κ2) is 8.95. The van der Waals surface area contributed by atoms with Gasteiger partial charge in [0.25, 0.3) is 0 Å². The van der Waals surface area contributed by atoms with Crippen LogP contribution in [0.1, 0.15) is 0 Å². The summed E-state index contributed by atoms with van der Waals surface area (Å²) >= 11 is 17.5. The molecule has 13 heteroatoms. The maximum Gasteiger partial charge on any atom is 0.228 e. The molecule has 2 rings (SSSR count). The normalized spacial score (nSPS) is 10.9. The van der Waals surface area contributed by atoms with Crippen LogP contribution in [0.4, 0.5) is 11.9 Å². The van der Waals surface area contributed by atoms with Crippen molar-refractivity contribution in [2.45, 2.75) is 5.16 Å². The van der Waals surface area contributed by atoms with Crippen LogP contribution in [-0.4, -0.2) is 47.4 Å². The lowest BCUT2D eigenvalue weighted by atomic mass is 10.9. The molecule has 0 aliphatic rings. The average molecular weight is 374 g/mol. The molecule has 0 aromatic carbocycles. The molecule has 0 aliphatic heterocycles. The number of aliphatic hydroxyl groups excluding tert-OH is 1. The maximum absolute atomic E-state index is 8.55. The summed E-state index contributed by atoms with van der Waals surface area (Å²) in [6.45, 7) is 0.0393. The van der Waals surface area contributed by atoms with Gasteiger partial charge in [0.1, 0.15) is 0 Å². The van der Waals surface area contributed by atoms with Crippen LogP contribution in [-0.2, 0) is 0 Å². The summed E-state index contributed by atoms with van der Waals surface area (Å²) in [5.74, 6) is 0.614. The Kier molecular flexibility index (Phi) is 6.27. The van der Waals surface area contributed by atoms with Crippen molar-refractivity contribution in [2.75, 3.05) is 23.8 Å². The highest BCUT2D eigenvalue weighted by Crippen LogP contribution is 2.14. The zero-order valence-electron chi connectivity index (χ0n) is 12.1. The zero-order valence-corrected chi connectivity index (χ0v) is 13.2. The predicted octanol–water partition coefficient (Wildman–Crippen LogP) is 0.952. The zero-order chi connectivity index (χ0) is 17.2. The van der Waals surface area contributed by atoms with Crippen LogP contribution in [0, 0.1) is 0 Å². The van der Waals surface area contributed by atoms with Gasteiger partial charge >= 0.3 is 0 Å². The molecule has 0 spiro atoms. The summed E-state index contributed by atoms with van der Waals surface area (Å²) in [6.07, 6.45) is 0. The minimum absolute atomic E-state index is 0.0324. The van der Waals surface area contributed by atoms with Crippen LogP contribution in [0.3, 0.4) is 0 Å². The van der Waals surface area contributed by atoms with Crippen molar-refractivity contribution >= 4 is 58.5 Å². The number of aromatic nitrogens is 6. The van der Waals surface area contributed by atoms with Crippen molar-refractivity contribution in [1.29, 1.82) is 0 Å². The second-order valence-electron chi connectivity index (χ2n) is 2.98. The third-order valence-corrected chi connectivity index (χ3v) is 2.83. The van der Waals surface area contributed by atoms with E-state index in [1.165, 1.54) is 11.8 Å². The predicted molar refractivity (Wildman–Crippen MR) is 81.3 cm³/mol. The summed E-state index contributed by atoms with van der Waals surface area (Å²) < 4.78 is 13.4. The number of anilines is 2. The maximum atomic E-state index is 8.55. The van der Waals surface area contributed by atoms with Gasteiger partial charge in [0.05, 0.1) is 6.61 Å². The quantitative estimate of drug-likeness (QED) is 0.646. The fraction of sp³-hybridized carbons (Fsp3) is 0.250. The highest BCUT2D eigenvalue weighted by atomic mass is 35.5. The first kappa shape index (κ1) is 14.7. The minimum atomic E-state index is -0.0326. The first-order chi connectivity index (χ1) is 11.0. The van der Waals surface area contributed by atoms with Gasteiger partial charge in [-0.05, 0) is 34.8 Å². The van der Waals surface area contributed by atoms with Crippen molar-refractivity contribution in [3.8, 4) is 0 Å².